The van der Waals surface area contributed by atoms with Crippen molar-refractivity contribution in [3.05, 3.63) is 193 Å². The van der Waals surface area contributed by atoms with Crippen LogP contribution in [0.2, 0.25) is 0 Å². The fourth-order valence-corrected chi connectivity index (χ4v) is 9.08. The van der Waals surface area contributed by atoms with E-state index < -0.39 is 55.2 Å². The van der Waals surface area contributed by atoms with Crippen molar-refractivity contribution in [1.29, 1.82) is 0 Å². The second-order valence-corrected chi connectivity index (χ2v) is 20.3. The van der Waals surface area contributed by atoms with E-state index in [4.69, 9.17) is 19.3 Å². The van der Waals surface area contributed by atoms with Crippen LogP contribution in [0.3, 0.4) is 0 Å². The summed E-state index contributed by atoms with van der Waals surface area (Å²) >= 11 is 0. The number of rotatable bonds is 6. The van der Waals surface area contributed by atoms with Gasteiger partial charge in [-0.05, 0) is 105 Å². The summed E-state index contributed by atoms with van der Waals surface area (Å²) in [7, 11) is 0. The van der Waals surface area contributed by atoms with Crippen molar-refractivity contribution in [2.45, 2.75) is 85.4 Å². The maximum Gasteiger partial charge on any atom is 0.135 e. The van der Waals surface area contributed by atoms with Crippen molar-refractivity contribution in [2.75, 3.05) is 9.80 Å². The molecular formula is C61H56N5OPt-3. The minimum absolute atomic E-state index is 0. The molecule has 0 bridgehead atoms. The summed E-state index contributed by atoms with van der Waals surface area (Å²) in [6, 6.07) is 33.4. The Balaban J connectivity index is 0.00000704. The molecule has 4 heterocycles. The second kappa shape index (κ2) is 16.6. The van der Waals surface area contributed by atoms with Crippen LogP contribution in [-0.4, -0.2) is 14.1 Å². The fourth-order valence-electron chi connectivity index (χ4n) is 9.08. The van der Waals surface area contributed by atoms with E-state index in [1.165, 1.54) is 4.57 Å². The number of nitrogens with zero attached hydrogens (tertiary/aromatic N) is 5. The zero-order chi connectivity index (χ0) is 56.0. The number of hydrogen-bond acceptors (Lipinski definition) is 4. The van der Waals surface area contributed by atoms with E-state index in [0.717, 1.165) is 22.4 Å². The molecular weight excluding hydrogens is 1010 g/mol. The molecule has 344 valence electrons. The average Bonchev–Trinajstić information content (AvgIpc) is 4.21. The topological polar surface area (TPSA) is 38.5 Å². The minimum atomic E-state index is -2.46. The molecule has 7 aromatic carbocycles. The number of anilines is 4. The molecule has 1 aliphatic rings. The minimum Gasteiger partial charge on any atom is -0.509 e. The van der Waals surface area contributed by atoms with Gasteiger partial charge in [0.1, 0.15) is 5.82 Å². The van der Waals surface area contributed by atoms with Crippen molar-refractivity contribution < 1.29 is 40.9 Å². The molecule has 0 radical (unpaired) electrons. The normalized spacial score (nSPS) is 15.7. The molecule has 1 aliphatic heterocycles. The molecule has 0 saturated heterocycles. The molecule has 0 atom stereocenters. The van der Waals surface area contributed by atoms with E-state index in [0.29, 0.717) is 44.7 Å². The third-order valence-electron chi connectivity index (χ3n) is 12.7. The Bertz CT molecular complexity index is 4050. The molecule has 7 heteroatoms. The Morgan fingerprint density at radius 3 is 1.93 bits per heavy atom. The molecule has 0 N–H and O–H groups in total. The van der Waals surface area contributed by atoms with E-state index in [-0.39, 0.29) is 81.9 Å². The van der Waals surface area contributed by atoms with Gasteiger partial charge in [0.15, 0.2) is 0 Å². The molecule has 68 heavy (non-hydrogen) atoms. The van der Waals surface area contributed by atoms with Gasteiger partial charge in [0.2, 0.25) is 0 Å². The van der Waals surface area contributed by atoms with E-state index in [1.54, 1.807) is 36.5 Å². The van der Waals surface area contributed by atoms with E-state index in [9.17, 15) is 5.48 Å². The van der Waals surface area contributed by atoms with E-state index in [1.807, 2.05) is 69.6 Å². The molecule has 6 nitrogen and oxygen atoms in total. The number of aromatic nitrogens is 3. The number of fused-ring (bicyclic) bond motifs is 7. The van der Waals surface area contributed by atoms with Crippen molar-refractivity contribution in [1.82, 2.24) is 14.1 Å². The molecule has 0 amide bonds. The van der Waals surface area contributed by atoms with Gasteiger partial charge in [0, 0.05) is 76.2 Å². The number of hydrogen-bond donors (Lipinski definition) is 0. The molecule has 0 aliphatic carbocycles. The number of ether oxygens (including phenoxy) is 1. The van der Waals surface area contributed by atoms with Crippen LogP contribution < -0.4 is 14.5 Å². The molecule has 0 spiro atoms. The van der Waals surface area contributed by atoms with Gasteiger partial charge in [-0.1, -0.05) is 146 Å². The number of benzene rings is 7. The summed E-state index contributed by atoms with van der Waals surface area (Å²) in [5.74, 6) is 0.921. The van der Waals surface area contributed by atoms with Gasteiger partial charge in [-0.2, -0.15) is 6.07 Å². The maximum atomic E-state index is 9.44. The average molecular weight is 1080 g/mol. The molecule has 0 fully saturated rings. The Morgan fingerprint density at radius 1 is 0.588 bits per heavy atom. The summed E-state index contributed by atoms with van der Waals surface area (Å²) in [5.41, 5.74) is 6.46. The fraction of sp³-hybridized carbons (Fsp3) is 0.213. The Labute approximate surface area is 430 Å². The van der Waals surface area contributed by atoms with Crippen molar-refractivity contribution in [3.8, 4) is 23.0 Å². The van der Waals surface area contributed by atoms with Gasteiger partial charge in [-0.3, -0.25) is 0 Å². The first-order chi connectivity index (χ1) is 36.6. The van der Waals surface area contributed by atoms with Gasteiger partial charge in [-0.15, -0.1) is 42.7 Å². The van der Waals surface area contributed by atoms with Crippen LogP contribution in [0.15, 0.2) is 152 Å². The third-order valence-corrected chi connectivity index (χ3v) is 12.7. The van der Waals surface area contributed by atoms with Crippen LogP contribution >= 0.6 is 0 Å². The van der Waals surface area contributed by atoms with Crippen molar-refractivity contribution >= 4 is 66.4 Å². The summed E-state index contributed by atoms with van der Waals surface area (Å²) in [5, 5.41) is 1.11. The van der Waals surface area contributed by atoms with E-state index in [2.05, 4.69) is 92.6 Å². The number of aryl methyl sites for hydroxylation is 1. The summed E-state index contributed by atoms with van der Waals surface area (Å²) in [6.45, 7) is 18.7. The Hall–Kier alpha value is -6.62. The van der Waals surface area contributed by atoms with E-state index >= 15 is 0 Å². The van der Waals surface area contributed by atoms with Crippen molar-refractivity contribution in [3.63, 3.8) is 0 Å². The van der Waals surface area contributed by atoms with Gasteiger partial charge in [0.05, 0.1) is 22.0 Å². The van der Waals surface area contributed by atoms with Gasteiger partial charge < -0.3 is 23.7 Å². The zero-order valence-electron chi connectivity index (χ0n) is 50.4. The van der Waals surface area contributed by atoms with Gasteiger partial charge in [0.25, 0.3) is 0 Å². The second-order valence-electron chi connectivity index (χ2n) is 20.3. The molecule has 0 saturated carbocycles. The number of para-hydroxylation sites is 4. The molecule has 11 rings (SSSR count). The standard InChI is InChI=1S/C61H56N5O.Pt/c1-39-19-17-28-53-58(39)64(44-32-41(60(5,6)7)31-42(33-44)61(8,9)10)38-63(53)43-20-18-21-45(35-43)67-46-36-54(65-50-25-14-11-22-47(50)48-23-12-15-26-51(48)65)57-49-24-13-16-27-52(49)66(55(57)37-46)56-34-40(29-30-62-56)59(2,3)4;/h11-34,36,38H,1-10H3;/q-3;/i1D3,11D,12D,14D,15D,22D,23D,25D,26D;. The van der Waals surface area contributed by atoms with Crippen LogP contribution in [0, 0.1) is 25.7 Å². The van der Waals surface area contributed by atoms with Crippen molar-refractivity contribution in [2.24, 2.45) is 0 Å². The van der Waals surface area contributed by atoms with Crippen LogP contribution in [0.25, 0.3) is 55.1 Å². The largest absolute Gasteiger partial charge is 0.509 e. The zero-order valence-corrected chi connectivity index (χ0v) is 41.6. The molecule has 0 unspecified atom stereocenters. The smallest absolute Gasteiger partial charge is 0.135 e. The predicted molar refractivity (Wildman–Crippen MR) is 279 cm³/mol. The summed E-state index contributed by atoms with van der Waals surface area (Å²) in [4.78, 5) is 8.72. The number of pyridine rings is 1. The monoisotopic (exact) mass is 1080 g/mol. The Kier molecular flexibility index (Phi) is 8.23. The van der Waals surface area contributed by atoms with Crippen LogP contribution in [0.1, 0.15) is 99.6 Å². The van der Waals surface area contributed by atoms with Gasteiger partial charge >= 0.3 is 0 Å². The predicted octanol–water partition coefficient (Wildman–Crippen LogP) is 16.3. The van der Waals surface area contributed by atoms with Gasteiger partial charge in [-0.25, -0.2) is 4.98 Å². The van der Waals surface area contributed by atoms with Crippen LogP contribution in [0.4, 0.5) is 22.7 Å². The Morgan fingerprint density at radius 2 is 1.25 bits per heavy atom. The third kappa shape index (κ3) is 7.67. The molecule has 10 aromatic rings. The maximum absolute atomic E-state index is 9.44. The summed E-state index contributed by atoms with van der Waals surface area (Å²) in [6.07, 6.45) is 1.75. The SMILES string of the molecule is [2H]c1c([2H])c([2H])c2c(c1[2H])c1c([2H])c([2H])c([2H])c([2H])c1n2-c1cc(Oc2[c-]c(N3[CH-]N(c4cc(C(C)(C)C)cc(C(C)(C)C)c4)c4c3cccc4C([2H])([2H])[2H])ccc2)[c-]c2c1c1ccccc1n2-c1cc(C(C)(C)C)ccn1.[Pt]. The first-order valence-corrected chi connectivity index (χ1v) is 22.5. The van der Waals surface area contributed by atoms with Crippen LogP contribution in [0.5, 0.6) is 11.5 Å². The first-order valence-electron chi connectivity index (χ1n) is 28.0. The van der Waals surface area contributed by atoms with Crippen LogP contribution in [-0.2, 0) is 37.3 Å². The first kappa shape index (κ1) is 33.8. The molecule has 3 aromatic heterocycles. The summed E-state index contributed by atoms with van der Waals surface area (Å²) < 4.78 is 109. The quantitative estimate of drug-likeness (QED) is 0.156.